The lowest BCUT2D eigenvalue weighted by Gasteiger charge is -1.96. The number of fused-ring (bicyclic) bond motifs is 1. The van der Waals surface area contributed by atoms with E-state index in [1.807, 2.05) is 36.9 Å². The Morgan fingerprint density at radius 2 is 2.00 bits per heavy atom. The lowest BCUT2D eigenvalue weighted by Crippen LogP contribution is -2.26. The molecule has 0 spiro atoms. The molecule has 0 radical (unpaired) electrons. The Labute approximate surface area is 104 Å². The first-order valence-electron chi connectivity index (χ1n) is 5.34. The lowest BCUT2D eigenvalue weighted by atomic mass is 10.2. The van der Waals surface area contributed by atoms with Crippen molar-refractivity contribution in [3.05, 3.63) is 23.9 Å². The van der Waals surface area contributed by atoms with Gasteiger partial charge in [0.05, 0.1) is 11.2 Å². The topological polar surface area (TPSA) is 121 Å². The fourth-order valence-electron chi connectivity index (χ4n) is 1.68. The van der Waals surface area contributed by atoms with Gasteiger partial charge in [-0.05, 0) is 25.1 Å². The van der Waals surface area contributed by atoms with Crippen molar-refractivity contribution in [2.45, 2.75) is 6.92 Å². The summed E-state index contributed by atoms with van der Waals surface area (Å²) < 4.78 is 1.82. The van der Waals surface area contributed by atoms with E-state index in [2.05, 4.69) is 15.1 Å². The van der Waals surface area contributed by atoms with Crippen molar-refractivity contribution >= 4 is 28.5 Å². The highest BCUT2D eigenvalue weighted by atomic mass is 15.3. The maximum atomic E-state index is 5.56. The molecule has 6 N–H and O–H groups in total. The molecular weight excluding hydrogens is 230 g/mol. The summed E-state index contributed by atoms with van der Waals surface area (Å²) in [4.78, 5) is 7.74. The molecule has 7 heteroatoms. The molecule has 94 valence electrons. The van der Waals surface area contributed by atoms with E-state index in [9.17, 15) is 0 Å². The van der Waals surface area contributed by atoms with Gasteiger partial charge in [-0.25, -0.2) is 4.99 Å². The van der Waals surface area contributed by atoms with E-state index >= 15 is 0 Å². The van der Waals surface area contributed by atoms with E-state index in [-0.39, 0.29) is 11.9 Å². The molecular formula is C11H15N7. The first kappa shape index (κ1) is 11.9. The number of aromatic nitrogens is 2. The molecule has 2 rings (SSSR count). The van der Waals surface area contributed by atoms with Crippen LogP contribution in [0.25, 0.3) is 10.9 Å². The van der Waals surface area contributed by atoms with E-state index in [0.29, 0.717) is 5.69 Å². The second kappa shape index (κ2) is 4.36. The molecule has 0 aliphatic heterocycles. The Morgan fingerprint density at radius 1 is 1.28 bits per heavy atom. The average Bonchev–Trinajstić information content (AvgIpc) is 2.53. The summed E-state index contributed by atoms with van der Waals surface area (Å²) in [7, 11) is 1.89. The lowest BCUT2D eigenvalue weighted by molar-refractivity contribution is 0.751. The quantitative estimate of drug-likeness (QED) is 0.487. The van der Waals surface area contributed by atoms with Crippen LogP contribution in [0.2, 0.25) is 0 Å². The molecule has 18 heavy (non-hydrogen) atoms. The third kappa shape index (κ3) is 2.24. The number of aryl methyl sites for hydroxylation is 2. The van der Waals surface area contributed by atoms with Crippen LogP contribution in [0.4, 0.5) is 5.69 Å². The first-order chi connectivity index (χ1) is 8.47. The van der Waals surface area contributed by atoms with Gasteiger partial charge in [-0.3, -0.25) is 4.68 Å². The van der Waals surface area contributed by atoms with E-state index in [1.165, 1.54) is 0 Å². The highest BCUT2D eigenvalue weighted by molar-refractivity contribution is 5.94. The summed E-state index contributed by atoms with van der Waals surface area (Å²) >= 11 is 0. The zero-order valence-electron chi connectivity index (χ0n) is 10.3. The summed E-state index contributed by atoms with van der Waals surface area (Å²) in [5.41, 5.74) is 18.6. The third-order valence-corrected chi connectivity index (χ3v) is 2.60. The maximum absolute atomic E-state index is 5.56. The monoisotopic (exact) mass is 245 g/mol. The van der Waals surface area contributed by atoms with Crippen molar-refractivity contribution in [2.24, 2.45) is 34.2 Å². The van der Waals surface area contributed by atoms with Crippen molar-refractivity contribution < 1.29 is 0 Å². The van der Waals surface area contributed by atoms with Crippen molar-refractivity contribution in [3.63, 3.8) is 0 Å². The van der Waals surface area contributed by atoms with Crippen LogP contribution in [0.3, 0.4) is 0 Å². The summed E-state index contributed by atoms with van der Waals surface area (Å²) in [5, 5.41) is 5.44. The first-order valence-corrected chi connectivity index (χ1v) is 5.34. The van der Waals surface area contributed by atoms with Gasteiger partial charge in [0, 0.05) is 18.1 Å². The summed E-state index contributed by atoms with van der Waals surface area (Å²) in [6.07, 6.45) is 0. The molecule has 1 aromatic carbocycles. The van der Waals surface area contributed by atoms with Crippen LogP contribution in [0.1, 0.15) is 5.69 Å². The Bertz CT molecular complexity index is 647. The summed E-state index contributed by atoms with van der Waals surface area (Å²) in [6, 6.07) is 5.61. The number of hydrogen-bond donors (Lipinski definition) is 3. The van der Waals surface area contributed by atoms with E-state index in [1.54, 1.807) is 0 Å². The predicted molar refractivity (Wildman–Crippen MR) is 72.5 cm³/mol. The van der Waals surface area contributed by atoms with Gasteiger partial charge in [-0.1, -0.05) is 0 Å². The molecule has 0 fully saturated rings. The van der Waals surface area contributed by atoms with Crippen LogP contribution in [0.15, 0.2) is 28.2 Å². The van der Waals surface area contributed by atoms with Crippen molar-refractivity contribution in [3.8, 4) is 0 Å². The van der Waals surface area contributed by atoms with Gasteiger partial charge in [-0.15, -0.1) is 0 Å². The molecule has 1 heterocycles. The van der Waals surface area contributed by atoms with Gasteiger partial charge in [0.1, 0.15) is 0 Å². The zero-order valence-corrected chi connectivity index (χ0v) is 10.3. The summed E-state index contributed by atoms with van der Waals surface area (Å²) in [6.45, 7) is 2.01. The van der Waals surface area contributed by atoms with E-state index in [4.69, 9.17) is 17.2 Å². The largest absolute Gasteiger partial charge is 0.370 e. The third-order valence-electron chi connectivity index (χ3n) is 2.60. The molecule has 2 aromatic rings. The molecule has 0 atom stereocenters. The SMILES string of the molecule is Cc1c2ccc(N=C(N)N=C(N)N)cc2nn1C. The average molecular weight is 245 g/mol. The van der Waals surface area contributed by atoms with Crippen LogP contribution < -0.4 is 17.2 Å². The molecule has 0 aliphatic carbocycles. The Kier molecular flexibility index (Phi) is 2.88. The van der Waals surface area contributed by atoms with Gasteiger partial charge < -0.3 is 17.2 Å². The summed E-state index contributed by atoms with van der Waals surface area (Å²) in [5.74, 6) is -0.104. The molecule has 0 unspecified atom stereocenters. The van der Waals surface area contributed by atoms with Crippen molar-refractivity contribution in [1.82, 2.24) is 9.78 Å². The number of rotatable bonds is 1. The molecule has 0 saturated heterocycles. The minimum atomic E-state index is -0.119. The van der Waals surface area contributed by atoms with Crippen LogP contribution in [0.5, 0.6) is 0 Å². The second-order valence-electron chi connectivity index (χ2n) is 3.92. The second-order valence-corrected chi connectivity index (χ2v) is 3.92. The highest BCUT2D eigenvalue weighted by Crippen LogP contribution is 2.22. The minimum absolute atomic E-state index is 0.0157. The fourth-order valence-corrected chi connectivity index (χ4v) is 1.68. The van der Waals surface area contributed by atoms with Gasteiger partial charge >= 0.3 is 0 Å². The number of aliphatic imine (C=N–C) groups is 2. The van der Waals surface area contributed by atoms with Crippen LogP contribution in [0, 0.1) is 6.92 Å². The minimum Gasteiger partial charge on any atom is -0.370 e. The Hall–Kier alpha value is -2.57. The van der Waals surface area contributed by atoms with E-state index in [0.717, 1.165) is 16.6 Å². The van der Waals surface area contributed by atoms with Crippen molar-refractivity contribution in [1.29, 1.82) is 0 Å². The maximum Gasteiger partial charge on any atom is 0.223 e. The number of nitrogens with zero attached hydrogens (tertiary/aromatic N) is 4. The molecule has 0 aliphatic rings. The number of guanidine groups is 2. The fraction of sp³-hybridized carbons (Fsp3) is 0.182. The number of hydrogen-bond acceptors (Lipinski definition) is 2. The van der Waals surface area contributed by atoms with Crippen LogP contribution in [-0.2, 0) is 7.05 Å². The van der Waals surface area contributed by atoms with Gasteiger partial charge in [0.25, 0.3) is 0 Å². The number of benzene rings is 1. The zero-order chi connectivity index (χ0) is 13.3. The standard InChI is InChI=1S/C11H15N7/c1-6-8-4-3-7(5-9(8)17-18(6)2)15-11(14)16-10(12)13/h3-5H,1-2H3,(H6,12,13,14,15,16). The predicted octanol–water partition coefficient (Wildman–Crippen LogP) is 0.101. The van der Waals surface area contributed by atoms with Gasteiger partial charge in [0.2, 0.25) is 5.96 Å². The normalized spacial score (nSPS) is 11.8. The number of nitrogens with two attached hydrogens (primary N) is 3. The molecule has 7 nitrogen and oxygen atoms in total. The molecule has 1 aromatic heterocycles. The van der Waals surface area contributed by atoms with Crippen LogP contribution in [-0.4, -0.2) is 21.7 Å². The van der Waals surface area contributed by atoms with E-state index < -0.39 is 0 Å². The Morgan fingerprint density at radius 3 is 2.67 bits per heavy atom. The smallest absolute Gasteiger partial charge is 0.223 e. The Balaban J connectivity index is 2.45. The van der Waals surface area contributed by atoms with Gasteiger partial charge in [0.15, 0.2) is 5.96 Å². The molecule has 0 saturated carbocycles. The molecule has 0 amide bonds. The van der Waals surface area contributed by atoms with Crippen LogP contribution >= 0.6 is 0 Å². The van der Waals surface area contributed by atoms with Gasteiger partial charge in [-0.2, -0.15) is 10.1 Å². The molecule has 0 bridgehead atoms. The van der Waals surface area contributed by atoms with Crippen molar-refractivity contribution in [2.75, 3.05) is 0 Å². The highest BCUT2D eigenvalue weighted by Gasteiger charge is 2.05.